The minimum Gasteiger partial charge on any atom is -0.379 e. The van der Waals surface area contributed by atoms with Gasteiger partial charge in [0.15, 0.2) is 5.96 Å². The molecule has 0 radical (unpaired) electrons. The average molecular weight is 422 g/mol. The van der Waals surface area contributed by atoms with Crippen LogP contribution in [0.4, 0.5) is 0 Å². The lowest BCUT2D eigenvalue weighted by atomic mass is 10.2. The van der Waals surface area contributed by atoms with Crippen molar-refractivity contribution in [1.29, 1.82) is 0 Å². The molecule has 0 aromatic heterocycles. The zero-order valence-corrected chi connectivity index (χ0v) is 16.5. The number of guanidine groups is 1. The van der Waals surface area contributed by atoms with E-state index >= 15 is 0 Å². The predicted octanol–water partition coefficient (Wildman–Crippen LogP) is 1.77. The number of nitrogens with zero attached hydrogens (tertiary/aromatic N) is 3. The molecule has 128 valence electrons. The molecule has 2 aliphatic heterocycles. The summed E-state index contributed by atoms with van der Waals surface area (Å²) in [4.78, 5) is 9.77. The van der Waals surface area contributed by atoms with Gasteiger partial charge in [0.05, 0.1) is 13.2 Å². The highest BCUT2D eigenvalue weighted by Gasteiger charge is 2.47. The van der Waals surface area contributed by atoms with Crippen molar-refractivity contribution in [2.45, 2.75) is 45.7 Å². The molecule has 22 heavy (non-hydrogen) atoms. The van der Waals surface area contributed by atoms with E-state index in [0.717, 1.165) is 51.9 Å². The van der Waals surface area contributed by atoms with Gasteiger partial charge in [-0.25, -0.2) is 0 Å². The molecule has 6 heteroatoms. The fourth-order valence-corrected chi connectivity index (χ4v) is 3.43. The second-order valence-electron chi connectivity index (χ2n) is 7.22. The van der Waals surface area contributed by atoms with E-state index in [1.165, 1.54) is 12.8 Å². The van der Waals surface area contributed by atoms with Crippen LogP contribution in [0.5, 0.6) is 0 Å². The third-order valence-corrected chi connectivity index (χ3v) is 5.15. The van der Waals surface area contributed by atoms with E-state index in [0.29, 0.717) is 17.5 Å². The number of nitrogens with one attached hydrogen (secondary N) is 1. The summed E-state index contributed by atoms with van der Waals surface area (Å²) in [6.07, 6.45) is 2.51. The van der Waals surface area contributed by atoms with Crippen molar-refractivity contribution >= 4 is 29.9 Å². The summed E-state index contributed by atoms with van der Waals surface area (Å²) in [7, 11) is 0. The average Bonchev–Trinajstić information content (AvgIpc) is 2.91. The Labute approximate surface area is 151 Å². The normalized spacial score (nSPS) is 31.8. The molecule has 2 atom stereocenters. The first-order chi connectivity index (χ1) is 10.1. The van der Waals surface area contributed by atoms with Crippen molar-refractivity contribution in [1.82, 2.24) is 15.1 Å². The van der Waals surface area contributed by atoms with Gasteiger partial charge in [-0.2, -0.15) is 0 Å². The van der Waals surface area contributed by atoms with E-state index in [1.54, 1.807) is 0 Å². The molecule has 3 rings (SSSR count). The fourth-order valence-electron chi connectivity index (χ4n) is 3.43. The van der Waals surface area contributed by atoms with Gasteiger partial charge in [0, 0.05) is 44.8 Å². The summed E-state index contributed by atoms with van der Waals surface area (Å²) in [5.41, 5.74) is 0.442. The number of morpholine rings is 1. The molecule has 2 unspecified atom stereocenters. The van der Waals surface area contributed by atoms with E-state index in [9.17, 15) is 0 Å². The lowest BCUT2D eigenvalue weighted by molar-refractivity contribution is 0.0195. The minimum atomic E-state index is 0. The van der Waals surface area contributed by atoms with Gasteiger partial charge in [0.25, 0.3) is 0 Å². The number of likely N-dealkylation sites (tertiary alicyclic amines) is 1. The number of ether oxygens (including phenoxy) is 1. The fraction of sp³-hybridized carbons (Fsp3) is 0.938. The highest BCUT2D eigenvalue weighted by molar-refractivity contribution is 14.0. The van der Waals surface area contributed by atoms with Crippen molar-refractivity contribution in [3.63, 3.8) is 0 Å². The van der Waals surface area contributed by atoms with Gasteiger partial charge in [-0.05, 0) is 25.2 Å². The van der Waals surface area contributed by atoms with E-state index in [4.69, 9.17) is 9.73 Å². The maximum Gasteiger partial charge on any atom is 0.194 e. The van der Waals surface area contributed by atoms with Gasteiger partial charge in [-0.3, -0.25) is 9.89 Å². The molecular weight excluding hydrogens is 391 g/mol. The Balaban J connectivity index is 0.00000176. The molecule has 0 spiro atoms. The zero-order chi connectivity index (χ0) is 14.9. The van der Waals surface area contributed by atoms with E-state index in [-0.39, 0.29) is 24.0 Å². The molecule has 2 saturated heterocycles. The van der Waals surface area contributed by atoms with E-state index in [2.05, 4.69) is 35.9 Å². The smallest absolute Gasteiger partial charge is 0.194 e. The Morgan fingerprint density at radius 3 is 2.55 bits per heavy atom. The Morgan fingerprint density at radius 2 is 1.95 bits per heavy atom. The summed E-state index contributed by atoms with van der Waals surface area (Å²) in [6.45, 7) is 13.8. The second-order valence-corrected chi connectivity index (χ2v) is 7.22. The first-order valence-corrected chi connectivity index (χ1v) is 8.48. The van der Waals surface area contributed by atoms with Gasteiger partial charge >= 0.3 is 0 Å². The van der Waals surface area contributed by atoms with Crippen LogP contribution in [0, 0.1) is 5.41 Å². The minimum absolute atomic E-state index is 0. The largest absolute Gasteiger partial charge is 0.379 e. The number of aliphatic imine (C=N–C) groups is 1. The zero-order valence-electron chi connectivity index (χ0n) is 14.2. The molecule has 0 aromatic carbocycles. The van der Waals surface area contributed by atoms with Crippen molar-refractivity contribution in [2.75, 3.05) is 45.9 Å². The summed E-state index contributed by atoms with van der Waals surface area (Å²) >= 11 is 0. The molecular formula is C16H31IN4O. The van der Waals surface area contributed by atoms with E-state index < -0.39 is 0 Å². The quantitative estimate of drug-likeness (QED) is 0.428. The molecule has 0 amide bonds. The van der Waals surface area contributed by atoms with Crippen LogP contribution in [0.3, 0.4) is 0 Å². The summed E-state index contributed by atoms with van der Waals surface area (Å²) in [6, 6.07) is 1.27. The maximum absolute atomic E-state index is 5.46. The molecule has 0 aromatic rings. The molecule has 3 fully saturated rings. The molecule has 1 saturated carbocycles. The summed E-state index contributed by atoms with van der Waals surface area (Å²) in [5, 5.41) is 3.68. The van der Waals surface area contributed by atoms with Crippen molar-refractivity contribution < 1.29 is 4.74 Å². The van der Waals surface area contributed by atoms with Gasteiger partial charge < -0.3 is 15.0 Å². The summed E-state index contributed by atoms with van der Waals surface area (Å²) in [5.74, 6) is 1.13. The van der Waals surface area contributed by atoms with Crippen LogP contribution in [0.15, 0.2) is 4.99 Å². The predicted molar refractivity (Wildman–Crippen MR) is 101 cm³/mol. The lowest BCUT2D eigenvalue weighted by Crippen LogP contribution is -2.47. The van der Waals surface area contributed by atoms with E-state index in [1.807, 2.05) is 0 Å². The SMILES string of the molecule is CCN=C(NC1CC1(C)C)N1CCC(N2CCOCC2)C1.I. The van der Waals surface area contributed by atoms with Gasteiger partial charge in [0.2, 0.25) is 0 Å². The standard InChI is InChI=1S/C16H30N4O.HI/c1-4-17-15(18-14-11-16(14,2)3)20-6-5-13(12-20)19-7-9-21-10-8-19;/h13-14H,4-12H2,1-3H3,(H,17,18);1H. The van der Waals surface area contributed by atoms with Crippen molar-refractivity contribution in [3.05, 3.63) is 0 Å². The van der Waals surface area contributed by atoms with Crippen LogP contribution in [0.1, 0.15) is 33.6 Å². The summed E-state index contributed by atoms with van der Waals surface area (Å²) < 4.78 is 5.46. The lowest BCUT2D eigenvalue weighted by Gasteiger charge is -2.32. The first kappa shape index (κ1) is 18.3. The highest BCUT2D eigenvalue weighted by atomic mass is 127. The van der Waals surface area contributed by atoms with Crippen LogP contribution >= 0.6 is 24.0 Å². The maximum atomic E-state index is 5.46. The molecule has 0 bridgehead atoms. The van der Waals surface area contributed by atoms with Gasteiger partial charge in [0.1, 0.15) is 0 Å². The van der Waals surface area contributed by atoms with Crippen molar-refractivity contribution in [3.8, 4) is 0 Å². The van der Waals surface area contributed by atoms with Crippen LogP contribution in [0.25, 0.3) is 0 Å². The Hall–Kier alpha value is -0.0800. The van der Waals surface area contributed by atoms with Crippen LogP contribution in [-0.2, 0) is 4.74 Å². The Kier molecular flexibility index (Phi) is 6.36. The van der Waals surface area contributed by atoms with Crippen molar-refractivity contribution in [2.24, 2.45) is 10.4 Å². The number of halogens is 1. The molecule has 1 aliphatic carbocycles. The number of hydrogen-bond acceptors (Lipinski definition) is 3. The second kappa shape index (κ2) is 7.66. The molecule has 2 heterocycles. The Morgan fingerprint density at radius 1 is 1.27 bits per heavy atom. The first-order valence-electron chi connectivity index (χ1n) is 8.48. The van der Waals surface area contributed by atoms with Crippen LogP contribution < -0.4 is 5.32 Å². The molecule has 5 nitrogen and oxygen atoms in total. The monoisotopic (exact) mass is 422 g/mol. The number of hydrogen-bond donors (Lipinski definition) is 1. The molecule has 3 aliphatic rings. The van der Waals surface area contributed by atoms with Crippen LogP contribution in [0.2, 0.25) is 0 Å². The topological polar surface area (TPSA) is 40.1 Å². The third-order valence-electron chi connectivity index (χ3n) is 5.15. The molecule has 1 N–H and O–H groups in total. The van der Waals surface area contributed by atoms with Crippen LogP contribution in [-0.4, -0.2) is 73.8 Å². The number of rotatable bonds is 3. The highest BCUT2D eigenvalue weighted by Crippen LogP contribution is 2.44. The third kappa shape index (κ3) is 4.26. The van der Waals surface area contributed by atoms with Gasteiger partial charge in [-0.15, -0.1) is 24.0 Å². The Bertz CT molecular complexity index is 396. The van der Waals surface area contributed by atoms with Gasteiger partial charge in [-0.1, -0.05) is 13.8 Å².